The maximum absolute atomic E-state index is 13.0. The molecule has 0 aliphatic rings. The summed E-state index contributed by atoms with van der Waals surface area (Å²) in [6, 6.07) is 12.9. The van der Waals surface area contributed by atoms with Crippen LogP contribution in [0.1, 0.15) is 19.2 Å². The minimum Gasteiger partial charge on any atom is -0.441 e. The predicted molar refractivity (Wildman–Crippen MR) is 104 cm³/mol. The lowest BCUT2D eigenvalue weighted by molar-refractivity contribution is -0.117. The number of benzene rings is 2. The summed E-state index contributed by atoms with van der Waals surface area (Å²) >= 11 is 0. The van der Waals surface area contributed by atoms with Crippen molar-refractivity contribution in [2.24, 2.45) is 0 Å². The van der Waals surface area contributed by atoms with Crippen molar-refractivity contribution >= 4 is 23.2 Å². The highest BCUT2D eigenvalue weighted by Crippen LogP contribution is 2.21. The van der Waals surface area contributed by atoms with Crippen molar-refractivity contribution in [2.75, 3.05) is 17.3 Å². The van der Waals surface area contributed by atoms with E-state index in [1.165, 1.54) is 24.0 Å². The molecule has 1 aromatic heterocycles. The number of oxazole rings is 1. The van der Waals surface area contributed by atoms with Gasteiger partial charge in [-0.3, -0.25) is 9.59 Å². The summed E-state index contributed by atoms with van der Waals surface area (Å²) in [5.74, 6) is 0.409. The Balaban J connectivity index is 1.53. The summed E-state index contributed by atoms with van der Waals surface area (Å²) < 4.78 is 18.6. The predicted octanol–water partition coefficient (Wildman–Crippen LogP) is 4.03. The Kier molecular flexibility index (Phi) is 5.84. The number of anilines is 2. The molecule has 7 heteroatoms. The molecule has 3 rings (SSSR count). The maximum atomic E-state index is 13.0. The molecule has 0 unspecified atom stereocenters. The van der Waals surface area contributed by atoms with Gasteiger partial charge in [0.25, 0.3) is 0 Å². The van der Waals surface area contributed by atoms with Gasteiger partial charge in [0.2, 0.25) is 11.8 Å². The van der Waals surface area contributed by atoms with E-state index in [2.05, 4.69) is 10.3 Å². The molecule has 0 fully saturated rings. The molecule has 0 radical (unpaired) electrons. The standard InChI is InChI=1S/C21H20FN3O3/c1-14(26)25(2)18-9-7-17(8-10-18)24-20(27)11-12-21-23-13-19(28-21)15-3-5-16(22)6-4-15/h3-10,13H,11-12H2,1-2H3,(H,24,27). The quantitative estimate of drug-likeness (QED) is 0.699. The number of hydrogen-bond acceptors (Lipinski definition) is 4. The van der Waals surface area contributed by atoms with E-state index in [0.29, 0.717) is 23.8 Å². The van der Waals surface area contributed by atoms with Gasteiger partial charge in [-0.05, 0) is 48.5 Å². The molecule has 0 aliphatic carbocycles. The van der Waals surface area contributed by atoms with Crippen LogP contribution in [0, 0.1) is 5.82 Å². The van der Waals surface area contributed by atoms with Crippen LogP contribution in [-0.2, 0) is 16.0 Å². The van der Waals surface area contributed by atoms with Crippen molar-refractivity contribution in [1.29, 1.82) is 0 Å². The van der Waals surface area contributed by atoms with E-state index in [0.717, 1.165) is 11.3 Å². The van der Waals surface area contributed by atoms with E-state index >= 15 is 0 Å². The summed E-state index contributed by atoms with van der Waals surface area (Å²) in [5.41, 5.74) is 2.11. The molecule has 0 aliphatic heterocycles. The number of rotatable bonds is 6. The molecule has 0 bridgehead atoms. The van der Waals surface area contributed by atoms with E-state index < -0.39 is 0 Å². The Hall–Kier alpha value is -3.48. The molecule has 0 saturated carbocycles. The van der Waals surface area contributed by atoms with Crippen molar-refractivity contribution in [3.63, 3.8) is 0 Å². The largest absolute Gasteiger partial charge is 0.441 e. The van der Waals surface area contributed by atoms with Crippen LogP contribution in [0.25, 0.3) is 11.3 Å². The first-order chi connectivity index (χ1) is 13.4. The van der Waals surface area contributed by atoms with Crippen LogP contribution >= 0.6 is 0 Å². The Morgan fingerprint density at radius 2 is 1.79 bits per heavy atom. The third-order valence-electron chi connectivity index (χ3n) is 4.26. The van der Waals surface area contributed by atoms with Crippen LogP contribution < -0.4 is 10.2 Å². The van der Waals surface area contributed by atoms with Crippen LogP contribution in [-0.4, -0.2) is 23.8 Å². The number of amides is 2. The van der Waals surface area contributed by atoms with E-state index in [1.807, 2.05) is 0 Å². The summed E-state index contributed by atoms with van der Waals surface area (Å²) in [7, 11) is 1.69. The number of hydrogen-bond donors (Lipinski definition) is 1. The Labute approximate surface area is 162 Å². The van der Waals surface area contributed by atoms with Crippen molar-refractivity contribution in [1.82, 2.24) is 4.98 Å². The van der Waals surface area contributed by atoms with Crippen molar-refractivity contribution in [3.05, 3.63) is 66.4 Å². The molecule has 6 nitrogen and oxygen atoms in total. The topological polar surface area (TPSA) is 75.4 Å². The van der Waals surface area contributed by atoms with E-state index in [4.69, 9.17) is 4.42 Å². The van der Waals surface area contributed by atoms with Gasteiger partial charge in [-0.1, -0.05) is 0 Å². The zero-order chi connectivity index (χ0) is 20.1. The van der Waals surface area contributed by atoms with Crippen LogP contribution in [0.3, 0.4) is 0 Å². The van der Waals surface area contributed by atoms with Crippen molar-refractivity contribution in [3.8, 4) is 11.3 Å². The van der Waals surface area contributed by atoms with Gasteiger partial charge >= 0.3 is 0 Å². The van der Waals surface area contributed by atoms with Crippen molar-refractivity contribution in [2.45, 2.75) is 19.8 Å². The summed E-state index contributed by atoms with van der Waals surface area (Å²) in [5, 5.41) is 2.80. The molecule has 28 heavy (non-hydrogen) atoms. The smallest absolute Gasteiger partial charge is 0.224 e. The summed E-state index contributed by atoms with van der Waals surface area (Å²) in [6.45, 7) is 1.49. The molecule has 1 N–H and O–H groups in total. The third-order valence-corrected chi connectivity index (χ3v) is 4.26. The van der Waals surface area contributed by atoms with Crippen molar-refractivity contribution < 1.29 is 18.4 Å². The fourth-order valence-electron chi connectivity index (χ4n) is 2.57. The zero-order valence-corrected chi connectivity index (χ0v) is 15.6. The Morgan fingerprint density at radius 3 is 2.43 bits per heavy atom. The first-order valence-electron chi connectivity index (χ1n) is 8.77. The van der Waals surface area contributed by atoms with Gasteiger partial charge in [-0.2, -0.15) is 0 Å². The summed E-state index contributed by atoms with van der Waals surface area (Å²) in [4.78, 5) is 29.2. The molecular weight excluding hydrogens is 361 g/mol. The second-order valence-corrected chi connectivity index (χ2v) is 6.30. The minimum atomic E-state index is -0.318. The van der Waals surface area contributed by atoms with Gasteiger partial charge in [0.1, 0.15) is 5.82 Å². The highest BCUT2D eigenvalue weighted by atomic mass is 19.1. The third kappa shape index (κ3) is 4.82. The van der Waals surface area contributed by atoms with Gasteiger partial charge in [0.05, 0.1) is 6.20 Å². The number of carbonyl (C=O) groups is 2. The number of aromatic nitrogens is 1. The second-order valence-electron chi connectivity index (χ2n) is 6.30. The van der Waals surface area contributed by atoms with Gasteiger partial charge < -0.3 is 14.6 Å². The second kappa shape index (κ2) is 8.47. The lowest BCUT2D eigenvalue weighted by atomic mass is 10.2. The monoisotopic (exact) mass is 381 g/mol. The Bertz CT molecular complexity index is 965. The van der Waals surface area contributed by atoms with Gasteiger partial charge in [0, 0.05) is 43.8 Å². The molecule has 0 spiro atoms. The molecule has 0 atom stereocenters. The highest BCUT2D eigenvalue weighted by molar-refractivity contribution is 5.93. The van der Waals surface area contributed by atoms with Crippen LogP contribution in [0.5, 0.6) is 0 Å². The number of nitrogens with one attached hydrogen (secondary N) is 1. The average Bonchev–Trinajstić information content (AvgIpc) is 3.16. The first-order valence-corrected chi connectivity index (χ1v) is 8.77. The fraction of sp³-hybridized carbons (Fsp3) is 0.190. The lowest BCUT2D eigenvalue weighted by Crippen LogP contribution is -2.22. The zero-order valence-electron chi connectivity index (χ0n) is 15.6. The van der Waals surface area contributed by atoms with Crippen LogP contribution in [0.15, 0.2) is 59.1 Å². The normalized spacial score (nSPS) is 10.5. The number of nitrogens with zero attached hydrogens (tertiary/aromatic N) is 2. The Morgan fingerprint density at radius 1 is 1.11 bits per heavy atom. The fourth-order valence-corrected chi connectivity index (χ4v) is 2.57. The van der Waals surface area contributed by atoms with Crippen LogP contribution in [0.2, 0.25) is 0 Å². The number of aryl methyl sites for hydroxylation is 1. The molecule has 1 heterocycles. The molecule has 0 saturated heterocycles. The first kappa shape index (κ1) is 19.3. The highest BCUT2D eigenvalue weighted by Gasteiger charge is 2.10. The van der Waals surface area contributed by atoms with Gasteiger partial charge in [-0.25, -0.2) is 9.37 Å². The van der Waals surface area contributed by atoms with Crippen LogP contribution in [0.4, 0.5) is 15.8 Å². The minimum absolute atomic E-state index is 0.0669. The SMILES string of the molecule is CC(=O)N(C)c1ccc(NC(=O)CCc2ncc(-c3ccc(F)cc3)o2)cc1. The average molecular weight is 381 g/mol. The summed E-state index contributed by atoms with van der Waals surface area (Å²) in [6.07, 6.45) is 2.11. The molecular formula is C21H20FN3O3. The molecule has 3 aromatic rings. The number of carbonyl (C=O) groups excluding carboxylic acids is 2. The number of halogens is 1. The van der Waals surface area contributed by atoms with Gasteiger partial charge in [0.15, 0.2) is 11.7 Å². The van der Waals surface area contributed by atoms with E-state index in [9.17, 15) is 14.0 Å². The maximum Gasteiger partial charge on any atom is 0.224 e. The lowest BCUT2D eigenvalue weighted by Gasteiger charge is -2.15. The van der Waals surface area contributed by atoms with E-state index in [-0.39, 0.29) is 24.1 Å². The van der Waals surface area contributed by atoms with E-state index in [1.54, 1.807) is 49.6 Å². The molecule has 2 amide bonds. The molecule has 2 aromatic carbocycles. The van der Waals surface area contributed by atoms with Gasteiger partial charge in [-0.15, -0.1) is 0 Å². The molecule has 144 valence electrons.